The van der Waals surface area contributed by atoms with Gasteiger partial charge in [-0.3, -0.25) is 4.79 Å². The highest BCUT2D eigenvalue weighted by Gasteiger charge is 2.32. The Morgan fingerprint density at radius 1 is 1.53 bits per heavy atom. The number of rotatable bonds is 1. The van der Waals surface area contributed by atoms with Crippen molar-refractivity contribution in [1.82, 2.24) is 0 Å². The van der Waals surface area contributed by atoms with E-state index in [1.54, 1.807) is 4.90 Å². The van der Waals surface area contributed by atoms with E-state index in [1.165, 1.54) is 0 Å². The molecule has 1 amide bonds. The summed E-state index contributed by atoms with van der Waals surface area (Å²) in [7, 11) is 0. The van der Waals surface area contributed by atoms with E-state index in [2.05, 4.69) is 15.9 Å². The maximum atomic E-state index is 11.8. The molecule has 4 heteroatoms. The largest absolute Gasteiger partial charge is 0.310 e. The lowest BCUT2D eigenvalue weighted by Crippen LogP contribution is -2.28. The maximum absolute atomic E-state index is 11.8. The molecular formula is C11H11BrClNO. The second kappa shape index (κ2) is 4.14. The minimum absolute atomic E-state index is 0.0619. The summed E-state index contributed by atoms with van der Waals surface area (Å²) < 4.78 is 0. The molecule has 2 nitrogen and oxygen atoms in total. The zero-order chi connectivity index (χ0) is 11.0. The van der Waals surface area contributed by atoms with Crippen molar-refractivity contribution in [2.24, 2.45) is 0 Å². The third kappa shape index (κ3) is 1.91. The number of carbonyl (C=O) groups excluding carboxylic acids is 1. The molecule has 1 fully saturated rings. The first-order valence-corrected chi connectivity index (χ1v) is 6.11. The minimum atomic E-state index is -0.0619. The smallest absolute Gasteiger partial charge is 0.240 e. The van der Waals surface area contributed by atoms with Gasteiger partial charge in [0.1, 0.15) is 0 Å². The molecule has 1 aliphatic heterocycles. The summed E-state index contributed by atoms with van der Waals surface area (Å²) in [5, 5.41) is 0.643. The number of amides is 1. The average molecular weight is 289 g/mol. The fourth-order valence-electron chi connectivity index (χ4n) is 1.83. The second-order valence-electron chi connectivity index (χ2n) is 3.65. The highest BCUT2D eigenvalue weighted by atomic mass is 79.9. The van der Waals surface area contributed by atoms with Crippen molar-refractivity contribution in [2.75, 3.05) is 11.4 Å². The number of carbonyl (C=O) groups is 1. The standard InChI is InChI=1S/C11H11BrClNO/c1-7-3-2-4-9(13)10(7)14-6-5-8(12)11(14)15/h2-4,8H,5-6H2,1H3. The van der Waals surface area contributed by atoms with Gasteiger partial charge in [0, 0.05) is 6.54 Å². The van der Waals surface area contributed by atoms with Gasteiger partial charge in [-0.25, -0.2) is 0 Å². The lowest BCUT2D eigenvalue weighted by Gasteiger charge is -2.19. The molecule has 0 spiro atoms. The number of anilines is 1. The van der Waals surface area contributed by atoms with Crippen LogP contribution in [0.3, 0.4) is 0 Å². The van der Waals surface area contributed by atoms with Crippen molar-refractivity contribution in [1.29, 1.82) is 0 Å². The van der Waals surface area contributed by atoms with Crippen molar-refractivity contribution >= 4 is 39.1 Å². The quantitative estimate of drug-likeness (QED) is 0.727. The maximum Gasteiger partial charge on any atom is 0.240 e. The topological polar surface area (TPSA) is 20.3 Å². The van der Waals surface area contributed by atoms with E-state index in [1.807, 2.05) is 25.1 Å². The zero-order valence-electron chi connectivity index (χ0n) is 8.34. The highest BCUT2D eigenvalue weighted by Crippen LogP contribution is 2.33. The molecule has 80 valence electrons. The first-order chi connectivity index (χ1) is 7.11. The Morgan fingerprint density at radius 3 is 2.80 bits per heavy atom. The summed E-state index contributed by atoms with van der Waals surface area (Å²) in [4.78, 5) is 13.5. The van der Waals surface area contributed by atoms with Gasteiger partial charge in [0.15, 0.2) is 0 Å². The zero-order valence-corrected chi connectivity index (χ0v) is 10.7. The Balaban J connectivity index is 2.42. The minimum Gasteiger partial charge on any atom is -0.310 e. The number of para-hydroxylation sites is 1. The summed E-state index contributed by atoms with van der Waals surface area (Å²) >= 11 is 9.47. The van der Waals surface area contributed by atoms with Crippen LogP contribution in [0.2, 0.25) is 5.02 Å². The SMILES string of the molecule is Cc1cccc(Cl)c1N1CCC(Br)C1=O. The number of alkyl halides is 1. The van der Waals surface area contributed by atoms with Crippen LogP contribution in [0.25, 0.3) is 0 Å². The van der Waals surface area contributed by atoms with Crippen molar-refractivity contribution in [3.63, 3.8) is 0 Å². The van der Waals surface area contributed by atoms with Crippen LogP contribution in [0.1, 0.15) is 12.0 Å². The van der Waals surface area contributed by atoms with Gasteiger partial charge in [-0.1, -0.05) is 39.7 Å². The third-order valence-corrected chi connectivity index (χ3v) is 3.75. The van der Waals surface area contributed by atoms with Gasteiger partial charge in [-0.15, -0.1) is 0 Å². The van der Waals surface area contributed by atoms with Gasteiger partial charge >= 0.3 is 0 Å². The predicted molar refractivity (Wildman–Crippen MR) is 65.9 cm³/mol. The lowest BCUT2D eigenvalue weighted by molar-refractivity contribution is -0.116. The van der Waals surface area contributed by atoms with E-state index in [0.717, 1.165) is 24.2 Å². The van der Waals surface area contributed by atoms with E-state index >= 15 is 0 Å². The number of hydrogen-bond donors (Lipinski definition) is 0. The van der Waals surface area contributed by atoms with Crippen LogP contribution in [0, 0.1) is 6.92 Å². The average Bonchev–Trinajstić information content (AvgIpc) is 2.49. The van der Waals surface area contributed by atoms with Crippen LogP contribution in [0.4, 0.5) is 5.69 Å². The summed E-state index contributed by atoms with van der Waals surface area (Å²) in [5.74, 6) is 0.103. The molecule has 0 aromatic heterocycles. The van der Waals surface area contributed by atoms with Crippen LogP contribution >= 0.6 is 27.5 Å². The predicted octanol–water partition coefficient (Wildman–Crippen LogP) is 3.15. The number of nitrogens with zero attached hydrogens (tertiary/aromatic N) is 1. The van der Waals surface area contributed by atoms with Crippen molar-refractivity contribution < 1.29 is 4.79 Å². The van der Waals surface area contributed by atoms with Crippen LogP contribution in [-0.2, 0) is 4.79 Å². The van der Waals surface area contributed by atoms with E-state index < -0.39 is 0 Å². The first-order valence-electron chi connectivity index (χ1n) is 4.82. The van der Waals surface area contributed by atoms with E-state index in [9.17, 15) is 4.79 Å². The molecule has 0 bridgehead atoms. The summed E-state index contributed by atoms with van der Waals surface area (Å²) in [6.45, 7) is 2.70. The number of hydrogen-bond acceptors (Lipinski definition) is 1. The molecular weight excluding hydrogens is 277 g/mol. The van der Waals surface area contributed by atoms with E-state index in [4.69, 9.17) is 11.6 Å². The molecule has 1 unspecified atom stereocenters. The Hall–Kier alpha value is -0.540. The highest BCUT2D eigenvalue weighted by molar-refractivity contribution is 9.10. The van der Waals surface area contributed by atoms with E-state index in [-0.39, 0.29) is 10.7 Å². The fourth-order valence-corrected chi connectivity index (χ4v) is 2.61. The lowest BCUT2D eigenvalue weighted by atomic mass is 10.2. The first kappa shape index (κ1) is 11.0. The van der Waals surface area contributed by atoms with Crippen LogP contribution in [0.15, 0.2) is 18.2 Å². The number of benzene rings is 1. The Bertz CT molecular complexity index is 387. The van der Waals surface area contributed by atoms with E-state index in [0.29, 0.717) is 5.02 Å². The molecule has 1 heterocycles. The Morgan fingerprint density at radius 2 is 2.27 bits per heavy atom. The van der Waals surface area contributed by atoms with Crippen LogP contribution in [0.5, 0.6) is 0 Å². The molecule has 0 N–H and O–H groups in total. The molecule has 2 rings (SSSR count). The van der Waals surface area contributed by atoms with Gasteiger partial charge < -0.3 is 4.90 Å². The van der Waals surface area contributed by atoms with Crippen molar-refractivity contribution in [3.05, 3.63) is 28.8 Å². The molecule has 1 saturated heterocycles. The van der Waals surface area contributed by atoms with Gasteiger partial charge in [0.25, 0.3) is 0 Å². The monoisotopic (exact) mass is 287 g/mol. The van der Waals surface area contributed by atoms with Crippen molar-refractivity contribution in [2.45, 2.75) is 18.2 Å². The molecule has 1 atom stereocenters. The number of aryl methyl sites for hydroxylation is 1. The summed E-state index contributed by atoms with van der Waals surface area (Å²) in [6.07, 6.45) is 0.837. The molecule has 1 aromatic carbocycles. The fraction of sp³-hybridized carbons (Fsp3) is 0.364. The molecule has 1 aromatic rings. The van der Waals surface area contributed by atoms with Crippen LogP contribution in [-0.4, -0.2) is 17.3 Å². The number of halogens is 2. The molecule has 15 heavy (non-hydrogen) atoms. The molecule has 0 saturated carbocycles. The van der Waals surface area contributed by atoms with Crippen molar-refractivity contribution in [3.8, 4) is 0 Å². The van der Waals surface area contributed by atoms with Gasteiger partial charge in [0.2, 0.25) is 5.91 Å². The normalized spacial score (nSPS) is 21.1. The Kier molecular flexibility index (Phi) is 3.03. The summed E-state index contributed by atoms with van der Waals surface area (Å²) in [6, 6.07) is 5.68. The summed E-state index contributed by atoms with van der Waals surface area (Å²) in [5.41, 5.74) is 1.89. The molecule has 1 aliphatic rings. The van der Waals surface area contributed by atoms with Gasteiger partial charge in [0.05, 0.1) is 15.5 Å². The molecule has 0 radical (unpaired) electrons. The van der Waals surface area contributed by atoms with Gasteiger partial charge in [-0.05, 0) is 25.0 Å². The second-order valence-corrected chi connectivity index (χ2v) is 5.16. The third-order valence-electron chi connectivity index (χ3n) is 2.60. The van der Waals surface area contributed by atoms with Gasteiger partial charge in [-0.2, -0.15) is 0 Å². The Labute approximate surface area is 102 Å². The van der Waals surface area contributed by atoms with Crippen LogP contribution < -0.4 is 4.90 Å². The molecule has 0 aliphatic carbocycles.